The second-order valence-electron chi connectivity index (χ2n) is 8.61. The number of aliphatic hydroxyl groups is 1. The smallest absolute Gasteiger partial charge is 0.316 e. The molecule has 0 aliphatic carbocycles. The van der Waals surface area contributed by atoms with Crippen LogP contribution in [-0.4, -0.2) is 52.5 Å². The first kappa shape index (κ1) is 27.0. The molecule has 0 fully saturated rings. The van der Waals surface area contributed by atoms with E-state index in [4.69, 9.17) is 0 Å². The van der Waals surface area contributed by atoms with E-state index in [2.05, 4.69) is 24.5 Å². The molecule has 4 N–H and O–H groups in total. The topological polar surface area (TPSA) is 133 Å². The zero-order chi connectivity index (χ0) is 22.8. The molecule has 0 spiro atoms. The summed E-state index contributed by atoms with van der Waals surface area (Å²) in [4.78, 5) is 48.8. The van der Waals surface area contributed by atoms with E-state index in [1.54, 1.807) is 6.92 Å². The van der Waals surface area contributed by atoms with Crippen LogP contribution < -0.4 is 10.6 Å². The van der Waals surface area contributed by atoms with Gasteiger partial charge in [-0.05, 0) is 32.1 Å². The maximum atomic E-state index is 12.8. The predicted octanol–water partition coefficient (Wildman–Crippen LogP) is 1.89. The Balaban J connectivity index is 5.05. The number of amides is 2. The molecule has 0 aliphatic rings. The van der Waals surface area contributed by atoms with Crippen LogP contribution in [0.2, 0.25) is 0 Å². The van der Waals surface area contributed by atoms with Crippen LogP contribution in [0.25, 0.3) is 0 Å². The first-order valence-corrected chi connectivity index (χ1v) is 10.4. The Morgan fingerprint density at radius 2 is 1.59 bits per heavy atom. The van der Waals surface area contributed by atoms with Crippen molar-refractivity contribution in [3.8, 4) is 0 Å². The molecule has 0 heterocycles. The quantitative estimate of drug-likeness (QED) is 0.253. The summed E-state index contributed by atoms with van der Waals surface area (Å²) in [5, 5.41) is 23.9. The van der Waals surface area contributed by atoms with Gasteiger partial charge in [0.05, 0.1) is 12.6 Å². The van der Waals surface area contributed by atoms with Gasteiger partial charge in [-0.1, -0.05) is 47.0 Å². The first-order valence-electron chi connectivity index (χ1n) is 10.4. The Labute approximate surface area is 173 Å². The fourth-order valence-corrected chi connectivity index (χ4v) is 2.75. The number of aliphatic hydroxyl groups excluding tert-OH is 1. The number of carboxylic acids is 1. The van der Waals surface area contributed by atoms with Gasteiger partial charge in [-0.2, -0.15) is 0 Å². The zero-order valence-electron chi connectivity index (χ0n) is 18.6. The second kappa shape index (κ2) is 12.6. The summed E-state index contributed by atoms with van der Waals surface area (Å²) in [5.41, 5.74) is -1.67. The van der Waals surface area contributed by atoms with Crippen LogP contribution in [-0.2, 0) is 19.2 Å². The van der Waals surface area contributed by atoms with Gasteiger partial charge in [0, 0.05) is 6.42 Å². The van der Waals surface area contributed by atoms with Gasteiger partial charge in [0.25, 0.3) is 0 Å². The lowest BCUT2D eigenvalue weighted by Gasteiger charge is -2.30. The first-order chi connectivity index (χ1) is 13.4. The summed E-state index contributed by atoms with van der Waals surface area (Å²) in [7, 11) is 0. The van der Waals surface area contributed by atoms with Crippen LogP contribution in [0.15, 0.2) is 0 Å². The van der Waals surface area contributed by atoms with E-state index < -0.39 is 41.8 Å². The van der Waals surface area contributed by atoms with E-state index in [-0.39, 0.29) is 18.2 Å². The molecule has 8 heteroatoms. The van der Waals surface area contributed by atoms with Crippen LogP contribution in [0, 0.1) is 17.3 Å². The summed E-state index contributed by atoms with van der Waals surface area (Å²) in [6.07, 6.45) is 3.38. The highest BCUT2D eigenvalue weighted by Crippen LogP contribution is 2.23. The lowest BCUT2D eigenvalue weighted by Crippen LogP contribution is -2.57. The van der Waals surface area contributed by atoms with E-state index in [1.165, 1.54) is 13.8 Å². The maximum absolute atomic E-state index is 12.8. The van der Waals surface area contributed by atoms with Crippen molar-refractivity contribution in [3.63, 3.8) is 0 Å². The Kier molecular flexibility index (Phi) is 11.7. The lowest BCUT2D eigenvalue weighted by molar-refractivity contribution is -0.154. The Morgan fingerprint density at radius 1 is 1.00 bits per heavy atom. The number of carbonyl (C=O) groups is 4. The normalized spacial score (nSPS) is 14.8. The van der Waals surface area contributed by atoms with Crippen molar-refractivity contribution in [2.45, 2.75) is 85.7 Å². The Morgan fingerprint density at radius 3 is 2.03 bits per heavy atom. The highest BCUT2D eigenvalue weighted by molar-refractivity contribution is 6.06. The summed E-state index contributed by atoms with van der Waals surface area (Å²) in [6.45, 7) is 9.74. The van der Waals surface area contributed by atoms with Crippen LogP contribution in [0.5, 0.6) is 0 Å². The average Bonchev–Trinajstić information content (AvgIpc) is 2.65. The number of carbonyl (C=O) groups excluding carboxylic acids is 3. The van der Waals surface area contributed by atoms with Gasteiger partial charge in [-0.25, -0.2) is 0 Å². The van der Waals surface area contributed by atoms with Crippen LogP contribution >= 0.6 is 0 Å². The number of ketones is 1. The fraction of sp³-hybridized carbons (Fsp3) is 0.810. The molecule has 0 rings (SSSR count). The van der Waals surface area contributed by atoms with Crippen molar-refractivity contribution >= 4 is 23.6 Å². The largest absolute Gasteiger partial charge is 0.481 e. The van der Waals surface area contributed by atoms with E-state index in [0.717, 1.165) is 12.8 Å². The molecular weight excluding hydrogens is 376 g/mol. The van der Waals surface area contributed by atoms with Crippen molar-refractivity contribution in [1.82, 2.24) is 10.6 Å². The van der Waals surface area contributed by atoms with Crippen molar-refractivity contribution < 1.29 is 29.4 Å². The predicted molar refractivity (Wildman–Crippen MR) is 110 cm³/mol. The second-order valence-corrected chi connectivity index (χ2v) is 8.61. The molecule has 0 bridgehead atoms. The molecule has 2 amide bonds. The third-order valence-electron chi connectivity index (χ3n) is 5.21. The fourth-order valence-electron chi connectivity index (χ4n) is 2.75. The molecular formula is C21H38N2O6. The molecule has 3 atom stereocenters. The third kappa shape index (κ3) is 8.94. The molecule has 1 unspecified atom stereocenters. The lowest BCUT2D eigenvalue weighted by atomic mass is 9.79. The van der Waals surface area contributed by atoms with Crippen molar-refractivity contribution in [2.24, 2.45) is 17.3 Å². The Hall–Kier alpha value is -1.96. The average molecular weight is 415 g/mol. The zero-order valence-corrected chi connectivity index (χ0v) is 18.6. The van der Waals surface area contributed by atoms with E-state index in [1.807, 2.05) is 6.92 Å². The standard InChI is InChI=1S/C21H38N2O6/c1-7-14(4)17(18(26)21(5,6)20(28)29)23-19(27)15(12-24)22-16(25)11-9-8-10-13(2)3/h13-15,17,24H,7-12H2,1-6H3,(H,22,25)(H,23,27)(H,28,29)/t14?,15-,17-/m0/s1. The van der Waals surface area contributed by atoms with Crippen LogP contribution in [0.4, 0.5) is 0 Å². The summed E-state index contributed by atoms with van der Waals surface area (Å²) < 4.78 is 0. The molecule has 0 aromatic carbocycles. The number of nitrogens with one attached hydrogen (secondary N) is 2. The molecule has 0 saturated carbocycles. The highest BCUT2D eigenvalue weighted by Gasteiger charge is 2.42. The van der Waals surface area contributed by atoms with Crippen molar-refractivity contribution in [3.05, 3.63) is 0 Å². The van der Waals surface area contributed by atoms with Gasteiger partial charge >= 0.3 is 5.97 Å². The number of hydrogen-bond donors (Lipinski definition) is 4. The SMILES string of the molecule is CCC(C)[C@H](NC(=O)[C@H](CO)NC(=O)CCCCC(C)C)C(=O)C(C)(C)C(=O)O. The van der Waals surface area contributed by atoms with Crippen molar-refractivity contribution in [2.75, 3.05) is 6.61 Å². The number of unbranched alkanes of at least 4 members (excludes halogenated alkanes) is 1. The molecule has 0 aromatic heterocycles. The molecule has 29 heavy (non-hydrogen) atoms. The van der Waals surface area contributed by atoms with Gasteiger partial charge in [-0.3, -0.25) is 19.2 Å². The molecule has 0 radical (unpaired) electrons. The van der Waals surface area contributed by atoms with Crippen LogP contribution in [0.3, 0.4) is 0 Å². The van der Waals surface area contributed by atoms with E-state index in [0.29, 0.717) is 18.8 Å². The molecule has 168 valence electrons. The summed E-state index contributed by atoms with van der Waals surface area (Å²) in [5.74, 6) is -2.71. The number of rotatable bonds is 14. The molecule has 0 saturated heterocycles. The number of aliphatic carboxylic acids is 1. The monoisotopic (exact) mass is 414 g/mol. The van der Waals surface area contributed by atoms with Gasteiger partial charge in [0.2, 0.25) is 11.8 Å². The van der Waals surface area contributed by atoms with E-state index in [9.17, 15) is 29.4 Å². The number of Topliss-reactive ketones (excluding diaryl/α,β-unsaturated/α-hetero) is 1. The molecule has 0 aromatic rings. The highest BCUT2D eigenvalue weighted by atomic mass is 16.4. The van der Waals surface area contributed by atoms with Crippen molar-refractivity contribution in [1.29, 1.82) is 0 Å². The minimum Gasteiger partial charge on any atom is -0.481 e. The Bertz CT molecular complexity index is 574. The van der Waals surface area contributed by atoms with Gasteiger partial charge in [0.15, 0.2) is 5.78 Å². The van der Waals surface area contributed by atoms with E-state index >= 15 is 0 Å². The van der Waals surface area contributed by atoms with Gasteiger partial charge in [-0.15, -0.1) is 0 Å². The molecule has 8 nitrogen and oxygen atoms in total. The van der Waals surface area contributed by atoms with Gasteiger partial charge < -0.3 is 20.8 Å². The minimum absolute atomic E-state index is 0.246. The van der Waals surface area contributed by atoms with Gasteiger partial charge in [0.1, 0.15) is 11.5 Å². The number of carboxylic acid groups (broad SMARTS) is 1. The van der Waals surface area contributed by atoms with Crippen LogP contribution in [0.1, 0.15) is 73.6 Å². The molecule has 0 aliphatic heterocycles. The minimum atomic E-state index is -1.67. The summed E-state index contributed by atoms with van der Waals surface area (Å²) in [6, 6.07) is -2.23. The summed E-state index contributed by atoms with van der Waals surface area (Å²) >= 11 is 0. The number of hydrogen-bond acceptors (Lipinski definition) is 5. The third-order valence-corrected chi connectivity index (χ3v) is 5.21. The maximum Gasteiger partial charge on any atom is 0.316 e.